The van der Waals surface area contributed by atoms with E-state index in [0.29, 0.717) is 19.5 Å². The van der Waals surface area contributed by atoms with Gasteiger partial charge in [0.1, 0.15) is 6.04 Å². The first kappa shape index (κ1) is 18.7. The highest BCUT2D eigenvalue weighted by Crippen LogP contribution is 2.26. The van der Waals surface area contributed by atoms with Crippen LogP contribution in [-0.4, -0.2) is 46.7 Å². The third-order valence-electron chi connectivity index (χ3n) is 5.43. The van der Waals surface area contributed by atoms with Crippen LogP contribution in [0, 0.1) is 0 Å². The molecule has 142 valence electrons. The van der Waals surface area contributed by atoms with Crippen molar-refractivity contribution >= 4 is 11.9 Å². The molecule has 1 heterocycles. The Morgan fingerprint density at radius 1 is 1.15 bits per heavy atom. The molecular weight excluding hydrogens is 330 g/mol. The molecule has 0 radical (unpaired) electrons. The molecule has 1 aromatic carbocycles. The SMILES string of the molecule is O=C(NCC1(O)CCCCCC1)NC1CCN(Cc2ccccc2)C1=O. The van der Waals surface area contributed by atoms with E-state index < -0.39 is 11.6 Å². The van der Waals surface area contributed by atoms with E-state index in [1.54, 1.807) is 4.90 Å². The molecule has 3 rings (SSSR count). The summed E-state index contributed by atoms with van der Waals surface area (Å²) in [6.45, 7) is 1.45. The lowest BCUT2D eigenvalue weighted by atomic mass is 9.94. The largest absolute Gasteiger partial charge is 0.388 e. The van der Waals surface area contributed by atoms with Gasteiger partial charge in [-0.05, 0) is 24.8 Å². The zero-order valence-corrected chi connectivity index (χ0v) is 15.2. The monoisotopic (exact) mass is 359 g/mol. The molecule has 2 aliphatic rings. The van der Waals surface area contributed by atoms with Crippen molar-refractivity contribution in [2.45, 2.75) is 63.1 Å². The fourth-order valence-electron chi connectivity index (χ4n) is 3.85. The average molecular weight is 359 g/mol. The van der Waals surface area contributed by atoms with Crippen molar-refractivity contribution < 1.29 is 14.7 Å². The van der Waals surface area contributed by atoms with Crippen LogP contribution in [-0.2, 0) is 11.3 Å². The molecule has 1 unspecified atom stereocenters. The Morgan fingerprint density at radius 3 is 2.54 bits per heavy atom. The van der Waals surface area contributed by atoms with Gasteiger partial charge in [0, 0.05) is 19.6 Å². The summed E-state index contributed by atoms with van der Waals surface area (Å²) in [6.07, 6.45) is 6.33. The first-order chi connectivity index (χ1) is 12.6. The van der Waals surface area contributed by atoms with Crippen molar-refractivity contribution in [3.05, 3.63) is 35.9 Å². The Kier molecular flexibility index (Phi) is 6.14. The highest BCUT2D eigenvalue weighted by Gasteiger charge is 2.33. The second-order valence-corrected chi connectivity index (χ2v) is 7.55. The molecular formula is C20H29N3O3. The van der Waals surface area contributed by atoms with E-state index in [4.69, 9.17) is 0 Å². The second kappa shape index (κ2) is 8.54. The molecule has 2 fully saturated rings. The summed E-state index contributed by atoms with van der Waals surface area (Å²) in [5, 5.41) is 16.1. The highest BCUT2D eigenvalue weighted by atomic mass is 16.3. The molecule has 26 heavy (non-hydrogen) atoms. The molecule has 3 amide bonds. The predicted octanol–water partition coefficient (Wildman–Crippen LogP) is 2.17. The fraction of sp³-hybridized carbons (Fsp3) is 0.600. The molecule has 1 atom stereocenters. The summed E-state index contributed by atoms with van der Waals surface area (Å²) in [7, 11) is 0. The molecule has 6 heteroatoms. The zero-order chi connectivity index (χ0) is 18.4. The van der Waals surface area contributed by atoms with Crippen molar-refractivity contribution in [2.75, 3.05) is 13.1 Å². The maximum atomic E-state index is 12.5. The van der Waals surface area contributed by atoms with Crippen LogP contribution in [0.25, 0.3) is 0 Å². The third-order valence-corrected chi connectivity index (χ3v) is 5.43. The van der Waals surface area contributed by atoms with Crippen molar-refractivity contribution in [3.63, 3.8) is 0 Å². The van der Waals surface area contributed by atoms with Crippen LogP contribution < -0.4 is 10.6 Å². The Balaban J connectivity index is 1.45. The van der Waals surface area contributed by atoms with Crippen LogP contribution in [0.1, 0.15) is 50.5 Å². The number of urea groups is 1. The molecule has 1 aromatic rings. The summed E-state index contributed by atoms with van der Waals surface area (Å²) in [5.41, 5.74) is 0.272. The number of aliphatic hydroxyl groups is 1. The van der Waals surface area contributed by atoms with E-state index >= 15 is 0 Å². The van der Waals surface area contributed by atoms with Crippen LogP contribution in [0.5, 0.6) is 0 Å². The van der Waals surface area contributed by atoms with Gasteiger partial charge in [0.05, 0.1) is 5.60 Å². The van der Waals surface area contributed by atoms with Crippen molar-refractivity contribution in [1.82, 2.24) is 15.5 Å². The number of hydrogen-bond acceptors (Lipinski definition) is 3. The smallest absolute Gasteiger partial charge is 0.315 e. The fourth-order valence-corrected chi connectivity index (χ4v) is 3.85. The standard InChI is InChI=1S/C20H29N3O3/c24-18-17(10-13-23(18)14-16-8-4-3-5-9-16)22-19(25)21-15-20(26)11-6-1-2-7-12-20/h3-5,8-9,17,26H,1-2,6-7,10-15H2,(H2,21,22,25). The number of nitrogens with one attached hydrogen (secondary N) is 2. The van der Waals surface area contributed by atoms with E-state index in [-0.39, 0.29) is 18.5 Å². The van der Waals surface area contributed by atoms with Crippen molar-refractivity contribution in [2.24, 2.45) is 0 Å². The first-order valence-corrected chi connectivity index (χ1v) is 9.65. The lowest BCUT2D eigenvalue weighted by Crippen LogP contribution is -2.50. The summed E-state index contributed by atoms with van der Waals surface area (Å²) in [5.74, 6) is -0.0443. The van der Waals surface area contributed by atoms with E-state index in [1.807, 2.05) is 30.3 Å². The number of hydrogen-bond donors (Lipinski definition) is 3. The summed E-state index contributed by atoms with van der Waals surface area (Å²) in [6, 6.07) is 8.99. The summed E-state index contributed by atoms with van der Waals surface area (Å²) >= 11 is 0. The van der Waals surface area contributed by atoms with Gasteiger partial charge in [0.15, 0.2) is 0 Å². The predicted molar refractivity (Wildman–Crippen MR) is 99.5 cm³/mol. The third kappa shape index (κ3) is 4.97. The highest BCUT2D eigenvalue weighted by molar-refractivity contribution is 5.88. The topological polar surface area (TPSA) is 81.7 Å². The minimum atomic E-state index is -0.813. The molecule has 1 saturated carbocycles. The van der Waals surface area contributed by atoms with E-state index in [2.05, 4.69) is 10.6 Å². The number of carbonyl (C=O) groups is 2. The summed E-state index contributed by atoms with van der Waals surface area (Å²) in [4.78, 5) is 26.4. The first-order valence-electron chi connectivity index (χ1n) is 9.65. The molecule has 1 aliphatic heterocycles. The number of carbonyl (C=O) groups excluding carboxylic acids is 2. The number of rotatable bonds is 5. The Labute approximate surface area is 155 Å². The van der Waals surface area contributed by atoms with Gasteiger partial charge in [-0.2, -0.15) is 0 Å². The molecule has 0 aromatic heterocycles. The van der Waals surface area contributed by atoms with Gasteiger partial charge in [-0.25, -0.2) is 4.79 Å². The summed E-state index contributed by atoms with van der Waals surface area (Å²) < 4.78 is 0. The lowest BCUT2D eigenvalue weighted by Gasteiger charge is -2.27. The van der Waals surface area contributed by atoms with Gasteiger partial charge in [-0.15, -0.1) is 0 Å². The van der Waals surface area contributed by atoms with Gasteiger partial charge in [-0.1, -0.05) is 56.0 Å². The van der Waals surface area contributed by atoms with Crippen LogP contribution in [0.15, 0.2) is 30.3 Å². The van der Waals surface area contributed by atoms with Gasteiger partial charge in [-0.3, -0.25) is 4.79 Å². The van der Waals surface area contributed by atoms with Crippen molar-refractivity contribution in [1.29, 1.82) is 0 Å². The van der Waals surface area contributed by atoms with Gasteiger partial charge in [0.2, 0.25) is 5.91 Å². The Bertz CT molecular complexity index is 612. The second-order valence-electron chi connectivity index (χ2n) is 7.55. The van der Waals surface area contributed by atoms with Crippen LogP contribution in [0.2, 0.25) is 0 Å². The van der Waals surface area contributed by atoms with Gasteiger partial charge < -0.3 is 20.6 Å². The average Bonchev–Trinajstić information content (AvgIpc) is 2.84. The zero-order valence-electron chi connectivity index (χ0n) is 15.2. The van der Waals surface area contributed by atoms with Crippen LogP contribution in [0.4, 0.5) is 4.79 Å². The lowest BCUT2D eigenvalue weighted by molar-refractivity contribution is -0.129. The maximum Gasteiger partial charge on any atom is 0.315 e. The molecule has 3 N–H and O–H groups in total. The minimum Gasteiger partial charge on any atom is -0.388 e. The minimum absolute atomic E-state index is 0.0443. The van der Waals surface area contributed by atoms with Gasteiger partial charge >= 0.3 is 6.03 Å². The maximum absolute atomic E-state index is 12.5. The molecule has 0 bridgehead atoms. The Morgan fingerprint density at radius 2 is 1.85 bits per heavy atom. The number of nitrogens with zero attached hydrogens (tertiary/aromatic N) is 1. The number of benzene rings is 1. The quantitative estimate of drug-likeness (QED) is 0.705. The number of amides is 3. The molecule has 0 spiro atoms. The van der Waals surface area contributed by atoms with E-state index in [9.17, 15) is 14.7 Å². The van der Waals surface area contributed by atoms with Crippen molar-refractivity contribution in [3.8, 4) is 0 Å². The molecule has 1 saturated heterocycles. The van der Waals surface area contributed by atoms with Crippen LogP contribution >= 0.6 is 0 Å². The number of likely N-dealkylation sites (tertiary alicyclic amines) is 1. The van der Waals surface area contributed by atoms with E-state index in [0.717, 1.165) is 44.1 Å². The Hall–Kier alpha value is -2.08. The normalized spacial score (nSPS) is 22.7. The van der Waals surface area contributed by atoms with E-state index in [1.165, 1.54) is 0 Å². The molecule has 1 aliphatic carbocycles. The molecule has 6 nitrogen and oxygen atoms in total. The van der Waals surface area contributed by atoms with Gasteiger partial charge in [0.25, 0.3) is 0 Å². The van der Waals surface area contributed by atoms with Crippen LogP contribution in [0.3, 0.4) is 0 Å².